The molecular weight excluding hydrogens is 496 g/mol. The van der Waals surface area contributed by atoms with E-state index in [4.69, 9.17) is 19.3 Å². The summed E-state index contributed by atoms with van der Waals surface area (Å²) in [5.74, 6) is -0.695. The number of aliphatic hydroxyl groups excluding tert-OH is 1. The summed E-state index contributed by atoms with van der Waals surface area (Å²) in [6.07, 6.45) is 0.722. The van der Waals surface area contributed by atoms with E-state index in [-0.39, 0.29) is 40.8 Å². The van der Waals surface area contributed by atoms with Gasteiger partial charge in [-0.05, 0) is 25.3 Å². The number of anilines is 1. The van der Waals surface area contributed by atoms with E-state index in [2.05, 4.69) is 6.58 Å². The van der Waals surface area contributed by atoms with Gasteiger partial charge in [0.2, 0.25) is 0 Å². The molecule has 1 unspecified atom stereocenters. The normalized spacial score (nSPS) is 22.6. The van der Waals surface area contributed by atoms with Gasteiger partial charge in [0.1, 0.15) is 12.4 Å². The smallest absolute Gasteiger partial charge is 0.416 e. The average molecular weight is 525 g/mol. The summed E-state index contributed by atoms with van der Waals surface area (Å²) >= 11 is 0. The number of fused-ring (bicyclic) bond motifs is 2. The summed E-state index contributed by atoms with van der Waals surface area (Å²) < 4.78 is 16.0. The highest BCUT2D eigenvalue weighted by Crippen LogP contribution is 2.50. The molecule has 2 aliphatic heterocycles. The monoisotopic (exact) mass is 524 g/mol. The van der Waals surface area contributed by atoms with Gasteiger partial charge in [-0.2, -0.15) is 0 Å². The Bertz CT molecular complexity index is 1040. The quantitative estimate of drug-likeness (QED) is 0.387. The molecule has 1 aromatic carbocycles. The van der Waals surface area contributed by atoms with Crippen LogP contribution < -0.4 is 14.4 Å². The Kier molecular flexibility index (Phi) is 7.43. The molecule has 0 radical (unpaired) electrons. The molecule has 12 heteroatoms. The standard InChI is InChI=1S/C23H28N2O8S2/c1-13-7-16-21(29)25(22(30)33-12-23(5-4-6-23)35-34-11-19(26)27)15-9-18(32-3)17(31-2)8-14(15)20(28)24(16)10-13/h8-9,16,21,29H,1,4-7,10-12H2,2-3H3,(H,26,27)/t16-,21?/m0/s1. The fraction of sp³-hybridized carbons (Fsp3) is 0.522. The van der Waals surface area contributed by atoms with Crippen molar-refractivity contribution >= 4 is 45.2 Å². The second-order valence-corrected chi connectivity index (χ2v) is 11.6. The first-order chi connectivity index (χ1) is 16.7. The zero-order valence-corrected chi connectivity index (χ0v) is 21.2. The fourth-order valence-corrected chi connectivity index (χ4v) is 7.37. The lowest BCUT2D eigenvalue weighted by Crippen LogP contribution is -2.51. The minimum Gasteiger partial charge on any atom is -0.493 e. The SMILES string of the molecule is C=C1C[C@H]2C(O)N(C(=O)OCC3(SSCC(=O)O)CCC3)c3cc(OC)c(OC)cc3C(=O)N2C1. The van der Waals surface area contributed by atoms with Gasteiger partial charge < -0.3 is 29.3 Å². The topological polar surface area (TPSA) is 126 Å². The number of aliphatic hydroxyl groups is 1. The molecule has 2 fully saturated rings. The average Bonchev–Trinajstić information content (AvgIpc) is 3.17. The maximum Gasteiger partial charge on any atom is 0.416 e. The number of carbonyl (C=O) groups is 3. The third-order valence-electron chi connectivity index (χ3n) is 6.49. The van der Waals surface area contributed by atoms with Gasteiger partial charge in [0.15, 0.2) is 17.7 Å². The predicted molar refractivity (Wildman–Crippen MR) is 132 cm³/mol. The number of hydrogen-bond donors (Lipinski definition) is 2. The van der Waals surface area contributed by atoms with Crippen LogP contribution in [0.3, 0.4) is 0 Å². The Balaban J connectivity index is 1.64. The molecule has 10 nitrogen and oxygen atoms in total. The second-order valence-electron chi connectivity index (χ2n) is 8.79. The molecule has 190 valence electrons. The number of aliphatic carboxylic acids is 1. The lowest BCUT2D eigenvalue weighted by Gasteiger charge is -2.40. The molecule has 0 spiro atoms. The van der Waals surface area contributed by atoms with Crippen molar-refractivity contribution < 1.29 is 38.8 Å². The highest BCUT2D eigenvalue weighted by molar-refractivity contribution is 8.77. The summed E-state index contributed by atoms with van der Waals surface area (Å²) in [7, 11) is 5.52. The van der Waals surface area contributed by atoms with Gasteiger partial charge in [-0.3, -0.25) is 9.59 Å². The summed E-state index contributed by atoms with van der Waals surface area (Å²) in [4.78, 5) is 40.4. The van der Waals surface area contributed by atoms with Crippen molar-refractivity contribution in [3.63, 3.8) is 0 Å². The van der Waals surface area contributed by atoms with Crippen molar-refractivity contribution in [3.05, 3.63) is 29.8 Å². The zero-order valence-electron chi connectivity index (χ0n) is 19.5. The summed E-state index contributed by atoms with van der Waals surface area (Å²) in [6, 6.07) is 2.31. The van der Waals surface area contributed by atoms with Crippen LogP contribution in [0, 0.1) is 0 Å². The van der Waals surface area contributed by atoms with Crippen LogP contribution in [0.5, 0.6) is 11.5 Å². The Morgan fingerprint density at radius 3 is 2.51 bits per heavy atom. The lowest BCUT2D eigenvalue weighted by molar-refractivity contribution is -0.133. The Labute approximate surface area is 211 Å². The van der Waals surface area contributed by atoms with E-state index in [1.165, 1.54) is 52.8 Å². The van der Waals surface area contributed by atoms with Gasteiger partial charge in [-0.1, -0.05) is 40.2 Å². The van der Waals surface area contributed by atoms with E-state index >= 15 is 0 Å². The molecule has 4 rings (SSSR count). The van der Waals surface area contributed by atoms with Crippen molar-refractivity contribution in [2.24, 2.45) is 0 Å². The van der Waals surface area contributed by atoms with Crippen LogP contribution in [-0.2, 0) is 9.53 Å². The second kappa shape index (κ2) is 10.2. The Morgan fingerprint density at radius 1 is 1.23 bits per heavy atom. The Hall–Kier alpha value is -2.57. The number of amides is 2. The van der Waals surface area contributed by atoms with Crippen molar-refractivity contribution in [3.8, 4) is 11.5 Å². The fourth-order valence-electron chi connectivity index (χ4n) is 4.52. The largest absolute Gasteiger partial charge is 0.493 e. The van der Waals surface area contributed by atoms with Gasteiger partial charge in [-0.15, -0.1) is 0 Å². The van der Waals surface area contributed by atoms with Crippen LogP contribution in [0.1, 0.15) is 36.0 Å². The van der Waals surface area contributed by atoms with E-state index in [9.17, 15) is 19.5 Å². The van der Waals surface area contributed by atoms with Gasteiger partial charge in [-0.25, -0.2) is 9.69 Å². The number of hydrogen-bond acceptors (Lipinski definition) is 9. The number of carboxylic acid groups (broad SMARTS) is 1. The molecule has 35 heavy (non-hydrogen) atoms. The third-order valence-corrected chi connectivity index (χ3v) is 9.62. The summed E-state index contributed by atoms with van der Waals surface area (Å²) in [5, 5.41) is 20.2. The van der Waals surface area contributed by atoms with E-state index in [0.29, 0.717) is 17.9 Å². The number of ether oxygens (including phenoxy) is 3. The minimum atomic E-state index is -1.36. The van der Waals surface area contributed by atoms with Crippen molar-refractivity contribution in [1.82, 2.24) is 4.90 Å². The molecule has 2 N–H and O–H groups in total. The van der Waals surface area contributed by atoms with Gasteiger partial charge >= 0.3 is 12.1 Å². The predicted octanol–water partition coefficient (Wildman–Crippen LogP) is 3.14. The van der Waals surface area contributed by atoms with Gasteiger partial charge in [0.05, 0.1) is 36.3 Å². The molecular formula is C23H28N2O8S2. The minimum absolute atomic E-state index is 0.0519. The molecule has 1 aliphatic carbocycles. The number of methoxy groups -OCH3 is 2. The number of carboxylic acids is 1. The van der Waals surface area contributed by atoms with Crippen LogP contribution in [0.15, 0.2) is 24.3 Å². The molecule has 0 aromatic heterocycles. The molecule has 3 aliphatic rings. The van der Waals surface area contributed by atoms with Crippen molar-refractivity contribution in [2.75, 3.05) is 38.0 Å². The maximum absolute atomic E-state index is 13.4. The van der Waals surface area contributed by atoms with E-state index < -0.39 is 24.3 Å². The zero-order chi connectivity index (χ0) is 25.3. The Morgan fingerprint density at radius 2 is 1.91 bits per heavy atom. The molecule has 2 heterocycles. The maximum atomic E-state index is 13.4. The van der Waals surface area contributed by atoms with Gasteiger partial charge in [0.25, 0.3) is 5.91 Å². The highest BCUT2D eigenvalue weighted by atomic mass is 33.1. The molecule has 2 amide bonds. The van der Waals surface area contributed by atoms with E-state index in [1.807, 2.05) is 0 Å². The molecule has 0 bridgehead atoms. The van der Waals surface area contributed by atoms with Crippen LogP contribution in [-0.4, -0.2) is 83.2 Å². The molecule has 2 atom stereocenters. The number of rotatable bonds is 8. The number of nitrogens with zero attached hydrogens (tertiary/aromatic N) is 2. The lowest BCUT2D eigenvalue weighted by atomic mass is 9.85. The van der Waals surface area contributed by atoms with Crippen LogP contribution in [0.4, 0.5) is 10.5 Å². The van der Waals surface area contributed by atoms with Crippen LogP contribution in [0.25, 0.3) is 0 Å². The summed E-state index contributed by atoms with van der Waals surface area (Å²) in [6.45, 7) is 4.30. The highest BCUT2D eigenvalue weighted by Gasteiger charge is 2.47. The first kappa shape index (κ1) is 25.5. The summed E-state index contributed by atoms with van der Waals surface area (Å²) in [5.41, 5.74) is 1.13. The van der Waals surface area contributed by atoms with Crippen molar-refractivity contribution in [2.45, 2.75) is 42.7 Å². The molecule has 1 saturated heterocycles. The molecule has 1 aromatic rings. The molecule has 1 saturated carbocycles. The third kappa shape index (κ3) is 4.91. The van der Waals surface area contributed by atoms with Crippen LogP contribution in [0.2, 0.25) is 0 Å². The van der Waals surface area contributed by atoms with Gasteiger partial charge in [0, 0.05) is 12.6 Å². The number of benzene rings is 1. The van der Waals surface area contributed by atoms with E-state index in [1.54, 1.807) is 0 Å². The van der Waals surface area contributed by atoms with Crippen LogP contribution >= 0.6 is 21.6 Å². The van der Waals surface area contributed by atoms with Crippen molar-refractivity contribution in [1.29, 1.82) is 0 Å². The first-order valence-corrected chi connectivity index (χ1v) is 13.4. The van der Waals surface area contributed by atoms with E-state index in [0.717, 1.165) is 29.7 Å². The first-order valence-electron chi connectivity index (χ1n) is 11.1. The number of carbonyl (C=O) groups excluding carboxylic acids is 2.